The number of piperidine rings is 1. The molecule has 0 unspecified atom stereocenters. The molecule has 2 N–H and O–H groups in total. The van der Waals surface area contributed by atoms with Crippen LogP contribution in [-0.2, 0) is 9.53 Å². The Bertz CT molecular complexity index is 885. The number of carbonyl (C=O) groups is 2. The number of pyridine rings is 1. The highest BCUT2D eigenvalue weighted by Gasteiger charge is 2.30. The molecule has 1 fully saturated rings. The zero-order chi connectivity index (χ0) is 19.4. The second-order valence-corrected chi connectivity index (χ2v) is 6.66. The molecule has 0 spiro atoms. The Balaban J connectivity index is 1.88. The van der Waals surface area contributed by atoms with Gasteiger partial charge < -0.3 is 19.9 Å². The van der Waals surface area contributed by atoms with Gasteiger partial charge in [-0.05, 0) is 32.8 Å². The number of nitriles is 1. The highest BCUT2D eigenvalue weighted by atomic mass is 16.5. The van der Waals surface area contributed by atoms with Crippen LogP contribution >= 0.6 is 0 Å². The Kier molecular flexibility index (Phi) is 5.60. The number of esters is 1. The average molecular weight is 369 g/mol. The zero-order valence-electron chi connectivity index (χ0n) is 15.5. The summed E-state index contributed by atoms with van der Waals surface area (Å²) in [5.41, 5.74) is 1.71. The lowest BCUT2D eigenvalue weighted by molar-refractivity contribution is -0.133. The third kappa shape index (κ3) is 3.87. The summed E-state index contributed by atoms with van der Waals surface area (Å²) >= 11 is 0. The smallest absolute Gasteiger partial charge is 0.341 e. The van der Waals surface area contributed by atoms with Crippen LogP contribution < -0.4 is 5.32 Å². The molecule has 1 saturated heterocycles. The summed E-state index contributed by atoms with van der Waals surface area (Å²) < 4.78 is 5.16. The normalized spacial score (nSPS) is 19.5. The van der Waals surface area contributed by atoms with E-state index >= 15 is 0 Å². The molecule has 0 aromatic carbocycles. The summed E-state index contributed by atoms with van der Waals surface area (Å²) in [5.74, 6) is -0.596. The number of anilines is 1. The van der Waals surface area contributed by atoms with Crippen molar-refractivity contribution in [2.75, 3.05) is 18.5 Å². The van der Waals surface area contributed by atoms with Crippen molar-refractivity contribution in [2.24, 2.45) is 0 Å². The summed E-state index contributed by atoms with van der Waals surface area (Å²) in [5, 5.41) is 13.1. The Labute approximate surface area is 157 Å². The maximum atomic E-state index is 12.4. The molecule has 0 radical (unpaired) electrons. The molecule has 3 heterocycles. The highest BCUT2D eigenvalue weighted by molar-refractivity contribution is 6.04. The maximum Gasteiger partial charge on any atom is 0.341 e. The fourth-order valence-electron chi connectivity index (χ4n) is 3.47. The Hall–Kier alpha value is -3.08. The molecule has 0 bridgehead atoms. The Morgan fingerprint density at radius 2 is 2.30 bits per heavy atom. The quantitative estimate of drug-likeness (QED) is 0.783. The van der Waals surface area contributed by atoms with Gasteiger partial charge in [-0.1, -0.05) is 0 Å². The molecule has 27 heavy (non-hydrogen) atoms. The largest absolute Gasteiger partial charge is 0.462 e. The van der Waals surface area contributed by atoms with E-state index in [1.165, 1.54) is 6.20 Å². The van der Waals surface area contributed by atoms with Gasteiger partial charge in [-0.25, -0.2) is 9.78 Å². The first-order chi connectivity index (χ1) is 13.0. The highest BCUT2D eigenvalue weighted by Crippen LogP contribution is 2.29. The number of carbonyl (C=O) groups excluding carboxylic acids is 2. The molecule has 2 aromatic rings. The average Bonchev–Trinajstić information content (AvgIpc) is 3.13. The van der Waals surface area contributed by atoms with E-state index in [0.717, 1.165) is 18.2 Å². The number of hydrogen-bond acceptors (Lipinski definition) is 6. The zero-order valence-corrected chi connectivity index (χ0v) is 15.5. The van der Waals surface area contributed by atoms with E-state index in [1.807, 2.05) is 19.1 Å². The van der Waals surface area contributed by atoms with Crippen LogP contribution in [0.1, 0.15) is 43.5 Å². The van der Waals surface area contributed by atoms with Crippen molar-refractivity contribution in [3.05, 3.63) is 24.0 Å². The monoisotopic (exact) mass is 369 g/mol. The van der Waals surface area contributed by atoms with Gasteiger partial charge in [0.05, 0.1) is 18.4 Å². The van der Waals surface area contributed by atoms with E-state index in [-0.39, 0.29) is 31.0 Å². The molecule has 142 valence electrons. The number of fused-ring (bicyclic) bond motifs is 1. The van der Waals surface area contributed by atoms with Crippen LogP contribution in [0.3, 0.4) is 0 Å². The predicted octanol–water partition coefficient (Wildman–Crippen LogP) is 2.44. The number of ether oxygens (including phenoxy) is 1. The molecule has 8 heteroatoms. The molecule has 0 saturated carbocycles. The standard InChI is InChI=1S/C19H23N5O3/c1-3-27-19(26)15-10-22-18-14(7-9-21-18)17(15)23-13-5-4-12(2)24(11-13)16(25)6-8-20/h7,9-10,12-13H,3-6,11H2,1-2H3,(H2,21,22,23)/t12-,13+/m0/s1. The SMILES string of the molecule is CCOC(=O)c1cnc2[nH]ccc2c1N[C@@H]1CC[C@H](C)N(C(=O)CC#N)C1. The van der Waals surface area contributed by atoms with Crippen molar-refractivity contribution in [3.8, 4) is 6.07 Å². The molecule has 1 aliphatic rings. The number of nitrogens with zero attached hydrogens (tertiary/aromatic N) is 3. The second-order valence-electron chi connectivity index (χ2n) is 6.66. The minimum Gasteiger partial charge on any atom is -0.462 e. The molecule has 1 aliphatic heterocycles. The molecular weight excluding hydrogens is 346 g/mol. The number of amides is 1. The van der Waals surface area contributed by atoms with Crippen molar-refractivity contribution in [1.82, 2.24) is 14.9 Å². The molecule has 3 rings (SSSR count). The van der Waals surface area contributed by atoms with Crippen LogP contribution in [0.5, 0.6) is 0 Å². The number of hydrogen-bond donors (Lipinski definition) is 2. The van der Waals surface area contributed by atoms with Gasteiger partial charge in [0, 0.05) is 36.4 Å². The van der Waals surface area contributed by atoms with E-state index in [4.69, 9.17) is 10.00 Å². The number of H-pyrrole nitrogens is 1. The van der Waals surface area contributed by atoms with Crippen molar-refractivity contribution < 1.29 is 14.3 Å². The lowest BCUT2D eigenvalue weighted by atomic mass is 9.98. The van der Waals surface area contributed by atoms with Crippen LogP contribution in [0.2, 0.25) is 0 Å². The molecule has 2 atom stereocenters. The minimum atomic E-state index is -0.433. The number of aromatic amines is 1. The van der Waals surface area contributed by atoms with Crippen LogP contribution in [0.15, 0.2) is 18.5 Å². The third-order valence-corrected chi connectivity index (χ3v) is 4.86. The molecular formula is C19H23N5O3. The van der Waals surface area contributed by atoms with Gasteiger partial charge in [-0.15, -0.1) is 0 Å². The fraction of sp³-hybridized carbons (Fsp3) is 0.474. The molecule has 8 nitrogen and oxygen atoms in total. The van der Waals surface area contributed by atoms with Crippen LogP contribution in [0, 0.1) is 11.3 Å². The summed E-state index contributed by atoms with van der Waals surface area (Å²) in [6.45, 7) is 4.51. The van der Waals surface area contributed by atoms with Gasteiger partial charge >= 0.3 is 5.97 Å². The minimum absolute atomic E-state index is 0.0301. The number of nitrogens with one attached hydrogen (secondary N) is 2. The first-order valence-electron chi connectivity index (χ1n) is 9.11. The lowest BCUT2D eigenvalue weighted by Gasteiger charge is -2.38. The summed E-state index contributed by atoms with van der Waals surface area (Å²) in [6.07, 6.45) is 4.83. The van der Waals surface area contributed by atoms with Crippen molar-refractivity contribution in [1.29, 1.82) is 5.26 Å². The summed E-state index contributed by atoms with van der Waals surface area (Å²) in [6, 6.07) is 3.85. The Morgan fingerprint density at radius 1 is 1.48 bits per heavy atom. The van der Waals surface area contributed by atoms with Gasteiger partial charge in [0.1, 0.15) is 17.6 Å². The first kappa shape index (κ1) is 18.7. The van der Waals surface area contributed by atoms with Crippen LogP contribution in [-0.4, -0.2) is 52.0 Å². The van der Waals surface area contributed by atoms with Gasteiger partial charge in [-0.3, -0.25) is 4.79 Å². The van der Waals surface area contributed by atoms with Crippen molar-refractivity contribution >= 4 is 28.6 Å². The van der Waals surface area contributed by atoms with Gasteiger partial charge in [0.25, 0.3) is 0 Å². The van der Waals surface area contributed by atoms with Gasteiger partial charge in [-0.2, -0.15) is 5.26 Å². The van der Waals surface area contributed by atoms with E-state index in [2.05, 4.69) is 15.3 Å². The lowest BCUT2D eigenvalue weighted by Crippen LogP contribution is -2.49. The molecule has 1 amide bonds. The third-order valence-electron chi connectivity index (χ3n) is 4.86. The maximum absolute atomic E-state index is 12.4. The predicted molar refractivity (Wildman–Crippen MR) is 100 cm³/mol. The van der Waals surface area contributed by atoms with Crippen LogP contribution in [0.25, 0.3) is 11.0 Å². The van der Waals surface area contributed by atoms with Gasteiger partial charge in [0.15, 0.2) is 0 Å². The van der Waals surface area contributed by atoms with Crippen molar-refractivity contribution in [3.63, 3.8) is 0 Å². The number of aromatic nitrogens is 2. The van der Waals surface area contributed by atoms with Gasteiger partial charge in [0.2, 0.25) is 5.91 Å². The van der Waals surface area contributed by atoms with Crippen LogP contribution in [0.4, 0.5) is 5.69 Å². The van der Waals surface area contributed by atoms with Crippen molar-refractivity contribution in [2.45, 2.75) is 45.2 Å². The first-order valence-corrected chi connectivity index (χ1v) is 9.11. The second kappa shape index (κ2) is 8.08. The molecule has 0 aliphatic carbocycles. The number of rotatable bonds is 5. The summed E-state index contributed by atoms with van der Waals surface area (Å²) in [4.78, 5) is 33.7. The summed E-state index contributed by atoms with van der Waals surface area (Å²) in [7, 11) is 0. The topological polar surface area (TPSA) is 111 Å². The fourth-order valence-corrected chi connectivity index (χ4v) is 3.47. The van der Waals surface area contributed by atoms with E-state index in [0.29, 0.717) is 23.4 Å². The Morgan fingerprint density at radius 3 is 3.04 bits per heavy atom. The van der Waals surface area contributed by atoms with E-state index in [1.54, 1.807) is 18.0 Å². The number of likely N-dealkylation sites (tertiary alicyclic amines) is 1. The van der Waals surface area contributed by atoms with E-state index in [9.17, 15) is 9.59 Å². The van der Waals surface area contributed by atoms with E-state index < -0.39 is 5.97 Å². The molecule has 2 aromatic heterocycles.